The monoisotopic (exact) mass is 286 g/mol. The van der Waals surface area contributed by atoms with E-state index in [4.69, 9.17) is 5.73 Å². The van der Waals surface area contributed by atoms with E-state index in [0.29, 0.717) is 11.3 Å². The van der Waals surface area contributed by atoms with Crippen LogP contribution < -0.4 is 5.73 Å². The van der Waals surface area contributed by atoms with Crippen LogP contribution in [0.4, 0.5) is 5.69 Å². The standard InChI is InChI=1S/C16H18N2OS/c1-11-6-4-5-7-14(11)20-15-9-8-12(10-13(15)17)16(19)18(2)3/h4-10H,17H2,1-3H3. The number of aryl methyl sites for hydroxylation is 1. The van der Waals surface area contributed by atoms with E-state index in [1.807, 2.05) is 24.3 Å². The van der Waals surface area contributed by atoms with Gasteiger partial charge in [-0.25, -0.2) is 0 Å². The molecule has 0 bridgehead atoms. The van der Waals surface area contributed by atoms with Crippen LogP contribution in [0.1, 0.15) is 15.9 Å². The van der Waals surface area contributed by atoms with Crippen molar-refractivity contribution >= 4 is 23.4 Å². The lowest BCUT2D eigenvalue weighted by Gasteiger charge is -2.12. The molecule has 0 saturated carbocycles. The molecule has 20 heavy (non-hydrogen) atoms. The Labute approximate surface area is 123 Å². The first kappa shape index (κ1) is 14.5. The molecule has 2 aromatic carbocycles. The minimum atomic E-state index is -0.0378. The van der Waals surface area contributed by atoms with Gasteiger partial charge >= 0.3 is 0 Å². The molecule has 0 saturated heterocycles. The Hall–Kier alpha value is -1.94. The van der Waals surface area contributed by atoms with E-state index < -0.39 is 0 Å². The molecule has 0 aliphatic heterocycles. The van der Waals surface area contributed by atoms with Crippen LogP contribution in [0.5, 0.6) is 0 Å². The van der Waals surface area contributed by atoms with E-state index in [-0.39, 0.29) is 5.91 Å². The Bertz CT molecular complexity index is 638. The topological polar surface area (TPSA) is 46.3 Å². The maximum Gasteiger partial charge on any atom is 0.253 e. The number of benzene rings is 2. The van der Waals surface area contributed by atoms with Crippen LogP contribution in [0.3, 0.4) is 0 Å². The quantitative estimate of drug-likeness (QED) is 0.879. The van der Waals surface area contributed by atoms with Crippen LogP contribution in [-0.4, -0.2) is 24.9 Å². The van der Waals surface area contributed by atoms with Gasteiger partial charge in [0.15, 0.2) is 0 Å². The lowest BCUT2D eigenvalue weighted by atomic mass is 10.2. The second-order valence-electron chi connectivity index (χ2n) is 4.82. The summed E-state index contributed by atoms with van der Waals surface area (Å²) in [4.78, 5) is 15.6. The number of hydrogen-bond acceptors (Lipinski definition) is 3. The van der Waals surface area contributed by atoms with E-state index in [1.54, 1.807) is 36.8 Å². The molecule has 2 rings (SSSR count). The van der Waals surface area contributed by atoms with Crippen molar-refractivity contribution in [2.45, 2.75) is 16.7 Å². The molecular weight excluding hydrogens is 268 g/mol. The Morgan fingerprint density at radius 3 is 2.40 bits per heavy atom. The average Bonchev–Trinajstić information content (AvgIpc) is 2.42. The minimum Gasteiger partial charge on any atom is -0.398 e. The zero-order chi connectivity index (χ0) is 14.7. The highest BCUT2D eigenvalue weighted by Crippen LogP contribution is 2.34. The van der Waals surface area contributed by atoms with Crippen LogP contribution >= 0.6 is 11.8 Å². The van der Waals surface area contributed by atoms with Gasteiger partial charge in [0.25, 0.3) is 5.91 Å². The first-order chi connectivity index (χ1) is 9.49. The van der Waals surface area contributed by atoms with Crippen molar-refractivity contribution in [3.63, 3.8) is 0 Å². The smallest absolute Gasteiger partial charge is 0.253 e. The number of hydrogen-bond donors (Lipinski definition) is 1. The van der Waals surface area contributed by atoms with Crippen LogP contribution in [-0.2, 0) is 0 Å². The van der Waals surface area contributed by atoms with Gasteiger partial charge in [0.05, 0.1) is 0 Å². The van der Waals surface area contributed by atoms with Crippen molar-refractivity contribution in [2.24, 2.45) is 0 Å². The number of carbonyl (C=O) groups excluding carboxylic acids is 1. The lowest BCUT2D eigenvalue weighted by Crippen LogP contribution is -2.21. The maximum atomic E-state index is 11.9. The fraction of sp³-hybridized carbons (Fsp3) is 0.188. The van der Waals surface area contributed by atoms with Crippen molar-refractivity contribution in [2.75, 3.05) is 19.8 Å². The maximum absolute atomic E-state index is 11.9. The van der Waals surface area contributed by atoms with Gasteiger partial charge in [-0.15, -0.1) is 0 Å². The first-order valence-electron chi connectivity index (χ1n) is 6.33. The number of amides is 1. The lowest BCUT2D eigenvalue weighted by molar-refractivity contribution is 0.0827. The van der Waals surface area contributed by atoms with Crippen LogP contribution in [0.25, 0.3) is 0 Å². The second kappa shape index (κ2) is 6.01. The molecule has 1 amide bonds. The first-order valence-corrected chi connectivity index (χ1v) is 7.15. The summed E-state index contributed by atoms with van der Waals surface area (Å²) in [5, 5.41) is 0. The molecule has 0 spiro atoms. The predicted molar refractivity (Wildman–Crippen MR) is 84.2 cm³/mol. The van der Waals surface area contributed by atoms with Gasteiger partial charge in [-0.3, -0.25) is 4.79 Å². The number of nitrogens with zero attached hydrogens (tertiary/aromatic N) is 1. The zero-order valence-corrected chi connectivity index (χ0v) is 12.7. The number of nitrogen functional groups attached to an aromatic ring is 1. The van der Waals surface area contributed by atoms with Crippen LogP contribution in [0, 0.1) is 6.92 Å². The second-order valence-corrected chi connectivity index (χ2v) is 5.90. The Morgan fingerprint density at radius 1 is 1.10 bits per heavy atom. The molecule has 3 nitrogen and oxygen atoms in total. The normalized spacial score (nSPS) is 10.3. The molecule has 4 heteroatoms. The number of carbonyl (C=O) groups is 1. The Morgan fingerprint density at radius 2 is 1.80 bits per heavy atom. The van der Waals surface area contributed by atoms with E-state index in [0.717, 1.165) is 4.90 Å². The van der Waals surface area contributed by atoms with Gasteiger partial charge in [-0.05, 0) is 36.8 Å². The molecule has 0 aliphatic carbocycles. The Kier molecular flexibility index (Phi) is 4.35. The third-order valence-electron chi connectivity index (χ3n) is 2.98. The molecule has 0 atom stereocenters. The molecule has 0 aromatic heterocycles. The van der Waals surface area contributed by atoms with Gasteiger partial charge in [-0.2, -0.15) is 0 Å². The van der Waals surface area contributed by atoms with Gasteiger partial charge in [0, 0.05) is 35.1 Å². The summed E-state index contributed by atoms with van der Waals surface area (Å²) in [6, 6.07) is 13.6. The number of anilines is 1. The highest BCUT2D eigenvalue weighted by molar-refractivity contribution is 7.99. The van der Waals surface area contributed by atoms with Crippen molar-refractivity contribution in [3.8, 4) is 0 Å². The molecule has 2 N–H and O–H groups in total. The summed E-state index contributed by atoms with van der Waals surface area (Å²) in [6.07, 6.45) is 0. The van der Waals surface area contributed by atoms with Crippen molar-refractivity contribution in [1.82, 2.24) is 4.90 Å². The largest absolute Gasteiger partial charge is 0.398 e. The van der Waals surface area contributed by atoms with E-state index >= 15 is 0 Å². The summed E-state index contributed by atoms with van der Waals surface area (Å²) in [5.74, 6) is -0.0378. The molecular formula is C16H18N2OS. The summed E-state index contributed by atoms with van der Waals surface area (Å²) < 4.78 is 0. The average molecular weight is 286 g/mol. The summed E-state index contributed by atoms with van der Waals surface area (Å²) >= 11 is 1.62. The van der Waals surface area contributed by atoms with E-state index in [2.05, 4.69) is 19.1 Å². The SMILES string of the molecule is Cc1ccccc1Sc1ccc(C(=O)N(C)C)cc1N. The minimum absolute atomic E-state index is 0.0378. The molecule has 0 radical (unpaired) electrons. The van der Waals surface area contributed by atoms with Gasteiger partial charge < -0.3 is 10.6 Å². The zero-order valence-electron chi connectivity index (χ0n) is 11.9. The van der Waals surface area contributed by atoms with Gasteiger partial charge in [0.1, 0.15) is 0 Å². The van der Waals surface area contributed by atoms with Gasteiger partial charge in [-0.1, -0.05) is 30.0 Å². The highest BCUT2D eigenvalue weighted by Gasteiger charge is 2.11. The van der Waals surface area contributed by atoms with Crippen molar-refractivity contribution in [1.29, 1.82) is 0 Å². The summed E-state index contributed by atoms with van der Waals surface area (Å²) in [5.41, 5.74) is 8.52. The molecule has 0 aliphatic rings. The summed E-state index contributed by atoms with van der Waals surface area (Å²) in [7, 11) is 3.46. The highest BCUT2D eigenvalue weighted by atomic mass is 32.2. The molecule has 0 heterocycles. The number of nitrogens with two attached hydrogens (primary N) is 1. The predicted octanol–water partition coefficient (Wildman–Crippen LogP) is 3.43. The van der Waals surface area contributed by atoms with E-state index in [9.17, 15) is 4.79 Å². The van der Waals surface area contributed by atoms with Crippen molar-refractivity contribution in [3.05, 3.63) is 53.6 Å². The van der Waals surface area contributed by atoms with Gasteiger partial charge in [0.2, 0.25) is 0 Å². The summed E-state index contributed by atoms with van der Waals surface area (Å²) in [6.45, 7) is 2.07. The van der Waals surface area contributed by atoms with Crippen molar-refractivity contribution < 1.29 is 4.79 Å². The molecule has 0 fully saturated rings. The van der Waals surface area contributed by atoms with Crippen LogP contribution in [0.15, 0.2) is 52.3 Å². The third kappa shape index (κ3) is 3.14. The fourth-order valence-electron chi connectivity index (χ4n) is 1.82. The molecule has 0 unspecified atom stereocenters. The molecule has 104 valence electrons. The number of rotatable bonds is 3. The molecule has 2 aromatic rings. The van der Waals surface area contributed by atoms with Crippen LogP contribution in [0.2, 0.25) is 0 Å². The van der Waals surface area contributed by atoms with E-state index in [1.165, 1.54) is 10.5 Å². The Balaban J connectivity index is 2.27. The fourth-order valence-corrected chi connectivity index (χ4v) is 2.75. The third-order valence-corrected chi connectivity index (χ3v) is 4.25.